The van der Waals surface area contributed by atoms with E-state index in [0.717, 1.165) is 24.2 Å². The number of nitrogens with zero attached hydrogens (tertiary/aromatic N) is 1. The van der Waals surface area contributed by atoms with E-state index in [2.05, 4.69) is 4.74 Å². The number of methoxy groups -OCH3 is 2. The van der Waals surface area contributed by atoms with Crippen LogP contribution in [0.25, 0.3) is 0 Å². The zero-order valence-corrected chi connectivity index (χ0v) is 12.0. The molecule has 0 atom stereocenters. The Bertz CT molecular complexity index is 505. The Morgan fingerprint density at radius 2 is 1.80 bits per heavy atom. The molecule has 0 saturated heterocycles. The first-order valence-electron chi connectivity index (χ1n) is 6.50. The molecular formula is C15H19NO4. The molecule has 0 radical (unpaired) electrons. The second kappa shape index (κ2) is 5.53. The zero-order valence-electron chi connectivity index (χ0n) is 12.0. The molecule has 0 aliphatic heterocycles. The summed E-state index contributed by atoms with van der Waals surface area (Å²) in [5.74, 6) is 0.319. The van der Waals surface area contributed by atoms with Gasteiger partial charge < -0.3 is 14.4 Å². The minimum absolute atomic E-state index is 0.0206. The fraction of sp³-hybridized carbons (Fsp3) is 0.467. The molecule has 0 unspecified atom stereocenters. The Morgan fingerprint density at radius 3 is 2.25 bits per heavy atom. The summed E-state index contributed by atoms with van der Waals surface area (Å²) in [6, 6.07) is 7.53. The van der Waals surface area contributed by atoms with E-state index in [9.17, 15) is 9.59 Å². The minimum Gasteiger partial charge on any atom is -0.497 e. The van der Waals surface area contributed by atoms with Crippen molar-refractivity contribution in [2.75, 3.05) is 27.8 Å². The monoisotopic (exact) mass is 277 g/mol. The molecule has 0 N–H and O–H groups in total. The number of carbonyl (C=O) groups is 2. The molecule has 1 saturated carbocycles. The first-order valence-corrected chi connectivity index (χ1v) is 6.50. The van der Waals surface area contributed by atoms with Crippen molar-refractivity contribution in [3.8, 4) is 5.75 Å². The number of hydrogen-bond donors (Lipinski definition) is 0. The van der Waals surface area contributed by atoms with Gasteiger partial charge in [0.1, 0.15) is 12.3 Å². The smallest absolute Gasteiger partial charge is 0.325 e. The third-order valence-electron chi connectivity index (χ3n) is 3.74. The molecule has 0 heterocycles. The third kappa shape index (κ3) is 2.61. The molecule has 0 aromatic heterocycles. The van der Waals surface area contributed by atoms with Crippen molar-refractivity contribution in [1.82, 2.24) is 4.90 Å². The molecule has 5 nitrogen and oxygen atoms in total. The van der Waals surface area contributed by atoms with E-state index < -0.39 is 11.4 Å². The van der Waals surface area contributed by atoms with Crippen molar-refractivity contribution in [3.05, 3.63) is 29.8 Å². The Morgan fingerprint density at radius 1 is 1.20 bits per heavy atom. The van der Waals surface area contributed by atoms with Gasteiger partial charge in [-0.2, -0.15) is 0 Å². The van der Waals surface area contributed by atoms with Gasteiger partial charge in [0.05, 0.1) is 19.6 Å². The Hall–Kier alpha value is -2.04. The van der Waals surface area contributed by atoms with Crippen molar-refractivity contribution in [3.63, 3.8) is 0 Å². The molecular weight excluding hydrogens is 258 g/mol. The number of amides is 1. The molecule has 0 bridgehead atoms. The number of ether oxygens (including phenoxy) is 2. The van der Waals surface area contributed by atoms with E-state index in [1.807, 2.05) is 24.3 Å². The van der Waals surface area contributed by atoms with Crippen molar-refractivity contribution in [2.24, 2.45) is 0 Å². The summed E-state index contributed by atoms with van der Waals surface area (Å²) in [5.41, 5.74) is 0.495. The molecule has 20 heavy (non-hydrogen) atoms. The van der Waals surface area contributed by atoms with Crippen molar-refractivity contribution >= 4 is 11.9 Å². The molecule has 1 aromatic carbocycles. The van der Waals surface area contributed by atoms with Gasteiger partial charge >= 0.3 is 5.97 Å². The number of rotatable bonds is 5. The van der Waals surface area contributed by atoms with Crippen LogP contribution in [0.4, 0.5) is 0 Å². The SMILES string of the molecule is COC(=O)CN(C)C(=O)C1(c2ccc(OC)cc2)CC1. The van der Waals surface area contributed by atoms with Crippen molar-refractivity contribution in [2.45, 2.75) is 18.3 Å². The van der Waals surface area contributed by atoms with Crippen LogP contribution in [0, 0.1) is 0 Å². The van der Waals surface area contributed by atoms with E-state index in [1.165, 1.54) is 12.0 Å². The summed E-state index contributed by atoms with van der Waals surface area (Å²) in [7, 11) is 4.55. The highest BCUT2D eigenvalue weighted by atomic mass is 16.5. The highest BCUT2D eigenvalue weighted by molar-refractivity contribution is 5.93. The van der Waals surface area contributed by atoms with Gasteiger partial charge in [0.25, 0.3) is 0 Å². The second-order valence-corrected chi connectivity index (χ2v) is 5.05. The first-order chi connectivity index (χ1) is 9.53. The lowest BCUT2D eigenvalue weighted by Gasteiger charge is -2.23. The average molecular weight is 277 g/mol. The van der Waals surface area contributed by atoms with Crippen LogP contribution >= 0.6 is 0 Å². The molecule has 1 aliphatic rings. The molecule has 0 spiro atoms. The standard InChI is InChI=1S/C15H19NO4/c1-16(10-13(17)20-3)14(18)15(8-9-15)11-4-6-12(19-2)7-5-11/h4-7H,8-10H2,1-3H3. The summed E-state index contributed by atoms with van der Waals surface area (Å²) in [5, 5.41) is 0. The van der Waals surface area contributed by atoms with Crippen LogP contribution in [-0.4, -0.2) is 44.6 Å². The van der Waals surface area contributed by atoms with E-state index >= 15 is 0 Å². The summed E-state index contributed by atoms with van der Waals surface area (Å²) in [6.07, 6.45) is 1.62. The van der Waals surface area contributed by atoms with Gasteiger partial charge in [0.2, 0.25) is 5.91 Å². The van der Waals surface area contributed by atoms with Crippen LogP contribution in [0.15, 0.2) is 24.3 Å². The highest BCUT2D eigenvalue weighted by Gasteiger charge is 2.52. The van der Waals surface area contributed by atoms with E-state index in [0.29, 0.717) is 0 Å². The van der Waals surface area contributed by atoms with Gasteiger partial charge in [-0.05, 0) is 30.5 Å². The Balaban J connectivity index is 2.13. The molecule has 1 aromatic rings. The van der Waals surface area contributed by atoms with Crippen LogP contribution < -0.4 is 4.74 Å². The lowest BCUT2D eigenvalue weighted by atomic mass is 9.94. The van der Waals surface area contributed by atoms with Gasteiger partial charge in [-0.3, -0.25) is 9.59 Å². The average Bonchev–Trinajstić information content (AvgIpc) is 3.28. The van der Waals surface area contributed by atoms with Crippen LogP contribution in [0.1, 0.15) is 18.4 Å². The largest absolute Gasteiger partial charge is 0.497 e. The van der Waals surface area contributed by atoms with Crippen LogP contribution in [0.2, 0.25) is 0 Å². The topological polar surface area (TPSA) is 55.8 Å². The number of carbonyl (C=O) groups excluding carboxylic acids is 2. The number of benzene rings is 1. The maximum atomic E-state index is 12.5. The van der Waals surface area contributed by atoms with Crippen molar-refractivity contribution < 1.29 is 19.1 Å². The lowest BCUT2D eigenvalue weighted by Crippen LogP contribution is -2.39. The zero-order chi connectivity index (χ0) is 14.8. The maximum absolute atomic E-state index is 12.5. The van der Waals surface area contributed by atoms with Gasteiger partial charge in [-0.1, -0.05) is 12.1 Å². The molecule has 5 heteroatoms. The molecule has 1 aliphatic carbocycles. The summed E-state index contributed by atoms with van der Waals surface area (Å²) in [6.45, 7) is -0.0206. The Labute approximate surface area is 118 Å². The van der Waals surface area contributed by atoms with E-state index in [1.54, 1.807) is 14.2 Å². The van der Waals surface area contributed by atoms with E-state index in [-0.39, 0.29) is 12.5 Å². The highest BCUT2D eigenvalue weighted by Crippen LogP contribution is 2.49. The molecule has 2 rings (SSSR count). The predicted octanol–water partition coefficient (Wildman–Crippen LogP) is 1.36. The summed E-state index contributed by atoms with van der Waals surface area (Å²) in [4.78, 5) is 25.2. The van der Waals surface area contributed by atoms with Gasteiger partial charge in [-0.25, -0.2) is 0 Å². The molecule has 108 valence electrons. The lowest BCUT2D eigenvalue weighted by molar-refractivity contribution is -0.146. The predicted molar refractivity (Wildman–Crippen MR) is 73.6 cm³/mol. The van der Waals surface area contributed by atoms with Crippen LogP contribution in [0.5, 0.6) is 5.75 Å². The quantitative estimate of drug-likeness (QED) is 0.763. The van der Waals surface area contributed by atoms with Crippen molar-refractivity contribution in [1.29, 1.82) is 0 Å². The Kier molecular flexibility index (Phi) is 3.97. The normalized spacial score (nSPS) is 15.3. The number of hydrogen-bond acceptors (Lipinski definition) is 4. The first kappa shape index (κ1) is 14.4. The summed E-state index contributed by atoms with van der Waals surface area (Å²) >= 11 is 0. The molecule has 1 amide bonds. The van der Waals surface area contributed by atoms with Crippen LogP contribution in [-0.2, 0) is 19.7 Å². The van der Waals surface area contributed by atoms with Gasteiger partial charge in [-0.15, -0.1) is 0 Å². The third-order valence-corrected chi connectivity index (χ3v) is 3.74. The van der Waals surface area contributed by atoms with E-state index in [4.69, 9.17) is 4.74 Å². The molecule has 1 fully saturated rings. The van der Waals surface area contributed by atoms with Gasteiger partial charge in [0, 0.05) is 7.05 Å². The fourth-order valence-electron chi connectivity index (χ4n) is 2.36. The van der Waals surface area contributed by atoms with Crippen LogP contribution in [0.3, 0.4) is 0 Å². The maximum Gasteiger partial charge on any atom is 0.325 e. The second-order valence-electron chi connectivity index (χ2n) is 5.05. The fourth-order valence-corrected chi connectivity index (χ4v) is 2.36. The number of likely N-dealkylation sites (N-methyl/N-ethyl adjacent to an activating group) is 1. The summed E-state index contributed by atoms with van der Waals surface area (Å²) < 4.78 is 9.71. The van der Waals surface area contributed by atoms with Gasteiger partial charge in [0.15, 0.2) is 0 Å². The number of esters is 1. The minimum atomic E-state index is -0.477.